The Morgan fingerprint density at radius 1 is 1.55 bits per heavy atom. The van der Waals surface area contributed by atoms with Crippen molar-refractivity contribution < 1.29 is 18.8 Å². The molecule has 1 amide bonds. The summed E-state index contributed by atoms with van der Waals surface area (Å²) < 4.78 is 10.0. The topological polar surface area (TPSA) is 72.6 Å². The number of piperidine rings is 1. The predicted molar refractivity (Wildman–Crippen MR) is 71.1 cm³/mol. The number of carbonyl (C=O) groups is 2. The molecular weight excluding hydrogens is 260 g/mol. The van der Waals surface area contributed by atoms with Crippen LogP contribution in [0.4, 0.5) is 0 Å². The Bertz CT molecular complexity index is 511. The molecule has 1 saturated heterocycles. The lowest BCUT2D eigenvalue weighted by Gasteiger charge is -2.38. The number of carbonyl (C=O) groups excluding carboxylic acids is 2. The maximum absolute atomic E-state index is 12.3. The lowest BCUT2D eigenvalue weighted by atomic mass is 9.82. The Morgan fingerprint density at radius 2 is 2.30 bits per heavy atom. The van der Waals surface area contributed by atoms with Gasteiger partial charge in [0, 0.05) is 19.2 Å². The first-order valence-corrected chi connectivity index (χ1v) is 6.86. The summed E-state index contributed by atoms with van der Waals surface area (Å²) in [5.74, 6) is 0.157. The zero-order valence-electron chi connectivity index (χ0n) is 12.1. The molecule has 2 rings (SSSR count). The smallest absolute Gasteiger partial charge is 0.313 e. The molecular formula is C14H20N2O4. The zero-order chi connectivity index (χ0) is 14.8. The van der Waals surface area contributed by atoms with E-state index in [0.717, 1.165) is 12.8 Å². The van der Waals surface area contributed by atoms with Crippen LogP contribution in [0.3, 0.4) is 0 Å². The number of aryl methyl sites for hydroxylation is 1. The number of hydrogen-bond acceptors (Lipinski definition) is 5. The van der Waals surface area contributed by atoms with Gasteiger partial charge in [-0.2, -0.15) is 0 Å². The molecule has 1 atom stereocenters. The number of hydrogen-bond donors (Lipinski definition) is 0. The van der Waals surface area contributed by atoms with Crippen LogP contribution in [0.5, 0.6) is 0 Å². The molecule has 0 aliphatic carbocycles. The molecule has 2 heterocycles. The Morgan fingerprint density at radius 3 is 2.90 bits per heavy atom. The van der Waals surface area contributed by atoms with Gasteiger partial charge >= 0.3 is 5.97 Å². The van der Waals surface area contributed by atoms with Gasteiger partial charge in [0.1, 0.15) is 5.76 Å². The van der Waals surface area contributed by atoms with E-state index in [1.54, 1.807) is 24.8 Å². The minimum Gasteiger partial charge on any atom is -0.466 e. The minimum atomic E-state index is -0.636. The second-order valence-electron chi connectivity index (χ2n) is 5.43. The Hall–Kier alpha value is -1.85. The standard InChI is InChI=1S/C14H20N2O4/c1-4-19-13(18)14(3)6-5-7-16(9-14)12(17)11-8-10(2)20-15-11/h8H,4-7,9H2,1-3H3. The highest BCUT2D eigenvalue weighted by molar-refractivity contribution is 5.93. The Kier molecular flexibility index (Phi) is 4.11. The first kappa shape index (κ1) is 14.6. The first-order chi connectivity index (χ1) is 9.46. The molecule has 0 saturated carbocycles. The van der Waals surface area contributed by atoms with Crippen molar-refractivity contribution in [1.82, 2.24) is 10.1 Å². The fourth-order valence-corrected chi connectivity index (χ4v) is 2.51. The molecule has 1 fully saturated rings. The summed E-state index contributed by atoms with van der Waals surface area (Å²) in [5, 5.41) is 3.74. The first-order valence-electron chi connectivity index (χ1n) is 6.86. The highest BCUT2D eigenvalue weighted by atomic mass is 16.5. The summed E-state index contributed by atoms with van der Waals surface area (Å²) in [6.07, 6.45) is 1.51. The van der Waals surface area contributed by atoms with E-state index in [2.05, 4.69) is 5.16 Å². The molecule has 0 bridgehead atoms. The van der Waals surface area contributed by atoms with Crippen LogP contribution in [-0.2, 0) is 9.53 Å². The number of esters is 1. The fourth-order valence-electron chi connectivity index (χ4n) is 2.51. The molecule has 1 aliphatic rings. The molecule has 110 valence electrons. The summed E-state index contributed by atoms with van der Waals surface area (Å²) in [5.41, 5.74) is -0.349. The highest BCUT2D eigenvalue weighted by Crippen LogP contribution is 2.31. The number of nitrogens with zero attached hydrogens (tertiary/aromatic N) is 2. The van der Waals surface area contributed by atoms with Gasteiger partial charge in [0.2, 0.25) is 0 Å². The van der Waals surface area contributed by atoms with Gasteiger partial charge in [-0.1, -0.05) is 5.16 Å². The number of amides is 1. The molecule has 0 radical (unpaired) electrons. The molecule has 6 heteroatoms. The lowest BCUT2D eigenvalue weighted by molar-refractivity contribution is -0.157. The average molecular weight is 280 g/mol. The van der Waals surface area contributed by atoms with Gasteiger partial charge in [-0.25, -0.2) is 0 Å². The van der Waals surface area contributed by atoms with E-state index in [-0.39, 0.29) is 17.6 Å². The van der Waals surface area contributed by atoms with E-state index in [1.807, 2.05) is 6.92 Å². The van der Waals surface area contributed by atoms with Gasteiger partial charge in [-0.15, -0.1) is 0 Å². The third-order valence-electron chi connectivity index (χ3n) is 3.60. The van der Waals surface area contributed by atoms with Crippen molar-refractivity contribution in [1.29, 1.82) is 0 Å². The summed E-state index contributed by atoms with van der Waals surface area (Å²) in [6, 6.07) is 1.61. The molecule has 0 N–H and O–H groups in total. The van der Waals surface area contributed by atoms with Crippen LogP contribution in [-0.4, -0.2) is 41.6 Å². The van der Waals surface area contributed by atoms with Crippen molar-refractivity contribution in [3.63, 3.8) is 0 Å². The highest BCUT2D eigenvalue weighted by Gasteiger charge is 2.41. The van der Waals surface area contributed by atoms with E-state index in [4.69, 9.17) is 9.26 Å². The van der Waals surface area contributed by atoms with Crippen LogP contribution in [0.2, 0.25) is 0 Å². The Balaban J connectivity index is 2.10. The van der Waals surface area contributed by atoms with Crippen LogP contribution >= 0.6 is 0 Å². The third kappa shape index (κ3) is 2.84. The van der Waals surface area contributed by atoms with E-state index in [1.165, 1.54) is 0 Å². The number of ether oxygens (including phenoxy) is 1. The number of aromatic nitrogens is 1. The van der Waals surface area contributed by atoms with Gasteiger partial charge < -0.3 is 14.2 Å². The van der Waals surface area contributed by atoms with Crippen molar-refractivity contribution in [3.8, 4) is 0 Å². The summed E-state index contributed by atoms with van der Waals surface area (Å²) in [7, 11) is 0. The molecule has 1 unspecified atom stereocenters. The van der Waals surface area contributed by atoms with Gasteiger partial charge in [-0.05, 0) is 33.6 Å². The van der Waals surface area contributed by atoms with Crippen molar-refractivity contribution in [3.05, 3.63) is 17.5 Å². The van der Waals surface area contributed by atoms with Crippen LogP contribution in [0.15, 0.2) is 10.6 Å². The van der Waals surface area contributed by atoms with E-state index < -0.39 is 5.41 Å². The van der Waals surface area contributed by atoms with Crippen molar-refractivity contribution in [2.75, 3.05) is 19.7 Å². The average Bonchev–Trinajstić information content (AvgIpc) is 2.85. The lowest BCUT2D eigenvalue weighted by Crippen LogP contribution is -2.49. The van der Waals surface area contributed by atoms with Gasteiger partial charge in [0.05, 0.1) is 12.0 Å². The summed E-state index contributed by atoms with van der Waals surface area (Å²) in [6.45, 7) is 6.70. The van der Waals surface area contributed by atoms with Gasteiger partial charge in [0.25, 0.3) is 5.91 Å². The summed E-state index contributed by atoms with van der Waals surface area (Å²) >= 11 is 0. The number of likely N-dealkylation sites (tertiary alicyclic amines) is 1. The maximum Gasteiger partial charge on any atom is 0.313 e. The third-order valence-corrected chi connectivity index (χ3v) is 3.60. The van der Waals surface area contributed by atoms with Crippen LogP contribution in [0, 0.1) is 12.3 Å². The van der Waals surface area contributed by atoms with E-state index >= 15 is 0 Å². The Labute approximate surface area is 118 Å². The zero-order valence-corrected chi connectivity index (χ0v) is 12.1. The SMILES string of the molecule is CCOC(=O)C1(C)CCCN(C(=O)c2cc(C)on2)C1. The maximum atomic E-state index is 12.3. The molecule has 1 aliphatic heterocycles. The molecule has 20 heavy (non-hydrogen) atoms. The van der Waals surface area contributed by atoms with E-state index in [0.29, 0.717) is 25.5 Å². The van der Waals surface area contributed by atoms with Crippen LogP contribution in [0.1, 0.15) is 42.9 Å². The predicted octanol–water partition coefficient (Wildman–Crippen LogP) is 1.79. The summed E-state index contributed by atoms with van der Waals surface area (Å²) in [4.78, 5) is 26.0. The second kappa shape index (κ2) is 5.64. The van der Waals surface area contributed by atoms with E-state index in [9.17, 15) is 9.59 Å². The molecule has 6 nitrogen and oxygen atoms in total. The molecule has 0 aromatic carbocycles. The van der Waals surface area contributed by atoms with Gasteiger partial charge in [0.15, 0.2) is 5.69 Å². The number of rotatable bonds is 3. The minimum absolute atomic E-state index is 0.197. The van der Waals surface area contributed by atoms with Crippen LogP contribution < -0.4 is 0 Å². The molecule has 0 spiro atoms. The monoisotopic (exact) mass is 280 g/mol. The fraction of sp³-hybridized carbons (Fsp3) is 0.643. The van der Waals surface area contributed by atoms with Crippen LogP contribution in [0.25, 0.3) is 0 Å². The van der Waals surface area contributed by atoms with Crippen molar-refractivity contribution >= 4 is 11.9 Å². The molecule has 1 aromatic heterocycles. The molecule has 1 aromatic rings. The van der Waals surface area contributed by atoms with Gasteiger partial charge in [-0.3, -0.25) is 9.59 Å². The normalized spacial score (nSPS) is 22.6. The quantitative estimate of drug-likeness (QED) is 0.789. The largest absolute Gasteiger partial charge is 0.466 e. The second-order valence-corrected chi connectivity index (χ2v) is 5.43. The van der Waals surface area contributed by atoms with Crippen molar-refractivity contribution in [2.45, 2.75) is 33.6 Å². The van der Waals surface area contributed by atoms with Crippen molar-refractivity contribution in [2.24, 2.45) is 5.41 Å².